The van der Waals surface area contributed by atoms with Gasteiger partial charge in [0.05, 0.1) is 4.92 Å². The molecule has 1 heterocycles. The van der Waals surface area contributed by atoms with Crippen LogP contribution in [-0.2, 0) is 16.4 Å². The first-order chi connectivity index (χ1) is 10.2. The largest absolute Gasteiger partial charge is 0.367 e. The molecule has 0 aliphatic rings. The van der Waals surface area contributed by atoms with Gasteiger partial charge in [0.15, 0.2) is 14.8 Å². The van der Waals surface area contributed by atoms with Gasteiger partial charge in [-0.25, -0.2) is 12.8 Å². The second kappa shape index (κ2) is 6.01. The predicted octanol–water partition coefficient (Wildman–Crippen LogP) is 3.12. The molecule has 6 nitrogen and oxygen atoms in total. The van der Waals surface area contributed by atoms with E-state index in [4.69, 9.17) is 0 Å². The molecule has 0 bridgehead atoms. The standard InChI is InChI=1S/C13H13FN2O4S2/c1-8-5-9(3-4-10(8)14)7-15-13-11(16(17)18)6-12(21-13)22(2,19)20/h3-6,15H,7H2,1-2H3. The third-order valence-corrected chi connectivity index (χ3v) is 5.81. The van der Waals surface area contributed by atoms with E-state index in [1.54, 1.807) is 19.1 Å². The van der Waals surface area contributed by atoms with E-state index in [-0.39, 0.29) is 27.3 Å². The fraction of sp³-hybridized carbons (Fsp3) is 0.231. The SMILES string of the molecule is Cc1cc(CNc2sc(S(C)(=O)=O)cc2[N+](=O)[O-])ccc1F. The Labute approximate surface area is 130 Å². The number of hydrogen-bond acceptors (Lipinski definition) is 6. The van der Waals surface area contributed by atoms with Crippen LogP contribution in [-0.4, -0.2) is 19.6 Å². The molecule has 0 saturated heterocycles. The van der Waals surface area contributed by atoms with Crippen molar-refractivity contribution in [3.05, 3.63) is 51.3 Å². The summed E-state index contributed by atoms with van der Waals surface area (Å²) in [6, 6.07) is 5.54. The summed E-state index contributed by atoms with van der Waals surface area (Å²) >= 11 is 0.807. The summed E-state index contributed by atoms with van der Waals surface area (Å²) in [4.78, 5) is 10.4. The molecule has 1 aromatic carbocycles. The fourth-order valence-electron chi connectivity index (χ4n) is 1.80. The van der Waals surface area contributed by atoms with Gasteiger partial charge < -0.3 is 5.32 Å². The lowest BCUT2D eigenvalue weighted by Gasteiger charge is -2.05. The van der Waals surface area contributed by atoms with Crippen LogP contribution in [0.2, 0.25) is 0 Å². The van der Waals surface area contributed by atoms with Gasteiger partial charge in [-0.15, -0.1) is 0 Å². The molecule has 0 fully saturated rings. The molecule has 9 heteroatoms. The van der Waals surface area contributed by atoms with E-state index in [1.807, 2.05) is 0 Å². The first-order valence-electron chi connectivity index (χ1n) is 6.15. The topological polar surface area (TPSA) is 89.3 Å². The monoisotopic (exact) mass is 344 g/mol. The molecule has 0 spiro atoms. The van der Waals surface area contributed by atoms with Crippen molar-refractivity contribution in [3.63, 3.8) is 0 Å². The Balaban J connectivity index is 2.27. The zero-order chi connectivity index (χ0) is 16.5. The van der Waals surface area contributed by atoms with Crippen LogP contribution in [0.15, 0.2) is 28.5 Å². The lowest BCUT2D eigenvalue weighted by atomic mass is 10.1. The van der Waals surface area contributed by atoms with Crippen molar-refractivity contribution in [2.75, 3.05) is 11.6 Å². The van der Waals surface area contributed by atoms with Gasteiger partial charge in [-0.2, -0.15) is 0 Å². The number of nitro groups is 1. The third-order valence-electron chi connectivity index (χ3n) is 2.93. The van der Waals surface area contributed by atoms with Crippen molar-refractivity contribution >= 4 is 31.9 Å². The van der Waals surface area contributed by atoms with Crippen molar-refractivity contribution in [1.82, 2.24) is 0 Å². The summed E-state index contributed by atoms with van der Waals surface area (Å²) in [5.41, 5.74) is 0.920. The Hall–Kier alpha value is -2.00. The van der Waals surface area contributed by atoms with Crippen LogP contribution < -0.4 is 5.32 Å². The molecule has 0 radical (unpaired) electrons. The maximum absolute atomic E-state index is 13.2. The van der Waals surface area contributed by atoms with E-state index in [2.05, 4.69) is 5.32 Å². The van der Waals surface area contributed by atoms with E-state index in [0.29, 0.717) is 5.56 Å². The highest BCUT2D eigenvalue weighted by atomic mass is 32.2. The minimum atomic E-state index is -3.51. The predicted molar refractivity (Wildman–Crippen MR) is 82.5 cm³/mol. The molecule has 118 valence electrons. The maximum Gasteiger partial charge on any atom is 0.304 e. The zero-order valence-corrected chi connectivity index (χ0v) is 13.4. The lowest BCUT2D eigenvalue weighted by Crippen LogP contribution is -2.00. The lowest BCUT2D eigenvalue weighted by molar-refractivity contribution is -0.383. The van der Waals surface area contributed by atoms with Gasteiger partial charge in [0.25, 0.3) is 0 Å². The van der Waals surface area contributed by atoms with Gasteiger partial charge in [-0.1, -0.05) is 23.5 Å². The number of halogens is 1. The van der Waals surface area contributed by atoms with Crippen LogP contribution in [0.4, 0.5) is 15.1 Å². The Morgan fingerprint density at radius 2 is 2.05 bits per heavy atom. The van der Waals surface area contributed by atoms with Gasteiger partial charge in [0.1, 0.15) is 10.0 Å². The van der Waals surface area contributed by atoms with Gasteiger partial charge in [0, 0.05) is 18.9 Å². The molecule has 2 rings (SSSR count). The molecule has 0 aliphatic heterocycles. The summed E-state index contributed by atoms with van der Waals surface area (Å²) in [6.07, 6.45) is 0.996. The summed E-state index contributed by atoms with van der Waals surface area (Å²) in [7, 11) is -3.51. The van der Waals surface area contributed by atoms with Gasteiger partial charge in [0.2, 0.25) is 0 Å². The van der Waals surface area contributed by atoms with Crippen LogP contribution in [0, 0.1) is 22.9 Å². The van der Waals surface area contributed by atoms with E-state index in [0.717, 1.165) is 29.2 Å². The van der Waals surface area contributed by atoms with E-state index in [9.17, 15) is 22.9 Å². The normalized spacial score (nSPS) is 11.4. The molecule has 0 amide bonds. The number of nitrogens with one attached hydrogen (secondary N) is 1. The van der Waals surface area contributed by atoms with Crippen molar-refractivity contribution in [1.29, 1.82) is 0 Å². The van der Waals surface area contributed by atoms with E-state index in [1.165, 1.54) is 6.07 Å². The molecule has 0 aliphatic carbocycles. The van der Waals surface area contributed by atoms with Crippen LogP contribution in [0.3, 0.4) is 0 Å². The molecule has 2 aromatic rings. The van der Waals surface area contributed by atoms with Crippen LogP contribution in [0.1, 0.15) is 11.1 Å². The summed E-state index contributed by atoms with van der Waals surface area (Å²) in [5.74, 6) is -0.329. The minimum Gasteiger partial charge on any atom is -0.367 e. The quantitative estimate of drug-likeness (QED) is 0.665. The van der Waals surface area contributed by atoms with Gasteiger partial charge in [-0.05, 0) is 24.1 Å². The summed E-state index contributed by atoms with van der Waals surface area (Å²) in [6.45, 7) is 1.85. The average molecular weight is 344 g/mol. The molecule has 1 aromatic heterocycles. The molecule has 0 saturated carbocycles. The smallest absolute Gasteiger partial charge is 0.304 e. The number of hydrogen-bond donors (Lipinski definition) is 1. The Morgan fingerprint density at radius 3 is 2.59 bits per heavy atom. The Kier molecular flexibility index (Phi) is 4.47. The first-order valence-corrected chi connectivity index (χ1v) is 8.86. The second-order valence-corrected chi connectivity index (χ2v) is 8.04. The number of benzene rings is 1. The van der Waals surface area contributed by atoms with E-state index >= 15 is 0 Å². The highest BCUT2D eigenvalue weighted by molar-refractivity contribution is 7.92. The molecule has 1 N–H and O–H groups in total. The average Bonchev–Trinajstić information content (AvgIpc) is 2.84. The van der Waals surface area contributed by atoms with Crippen molar-refractivity contribution < 1.29 is 17.7 Å². The van der Waals surface area contributed by atoms with Crippen LogP contribution in [0.5, 0.6) is 0 Å². The first kappa shape index (κ1) is 16.4. The van der Waals surface area contributed by atoms with Crippen molar-refractivity contribution in [2.24, 2.45) is 0 Å². The third kappa shape index (κ3) is 3.60. The molecular formula is C13H13FN2O4S2. The second-order valence-electron chi connectivity index (χ2n) is 4.75. The van der Waals surface area contributed by atoms with Crippen molar-refractivity contribution in [3.8, 4) is 0 Å². The van der Waals surface area contributed by atoms with Crippen molar-refractivity contribution in [2.45, 2.75) is 17.7 Å². The molecular weight excluding hydrogens is 331 g/mol. The summed E-state index contributed by atoms with van der Waals surface area (Å²) < 4.78 is 36.1. The van der Waals surface area contributed by atoms with E-state index < -0.39 is 14.8 Å². The fourth-order valence-corrected chi connectivity index (χ4v) is 3.74. The number of rotatable bonds is 5. The Bertz CT molecular complexity index is 831. The number of thiophene rings is 1. The number of anilines is 1. The van der Waals surface area contributed by atoms with Crippen LogP contribution in [0.25, 0.3) is 0 Å². The maximum atomic E-state index is 13.2. The number of sulfone groups is 1. The highest BCUT2D eigenvalue weighted by Crippen LogP contribution is 2.37. The van der Waals surface area contributed by atoms with Gasteiger partial charge >= 0.3 is 5.69 Å². The zero-order valence-electron chi connectivity index (χ0n) is 11.8. The molecule has 0 unspecified atom stereocenters. The molecule has 22 heavy (non-hydrogen) atoms. The van der Waals surface area contributed by atoms with Crippen LogP contribution >= 0.6 is 11.3 Å². The number of aryl methyl sites for hydroxylation is 1. The minimum absolute atomic E-state index is 0.0722. The van der Waals surface area contributed by atoms with Gasteiger partial charge in [-0.3, -0.25) is 10.1 Å². The highest BCUT2D eigenvalue weighted by Gasteiger charge is 2.23. The summed E-state index contributed by atoms with van der Waals surface area (Å²) in [5, 5.41) is 14.0. The Morgan fingerprint density at radius 1 is 1.36 bits per heavy atom. The molecule has 0 atom stereocenters. The number of nitrogens with zero attached hydrogens (tertiary/aromatic N) is 1.